The molecule has 1 atom stereocenters. The van der Waals surface area contributed by atoms with Crippen molar-refractivity contribution in [2.75, 3.05) is 18.9 Å². The Morgan fingerprint density at radius 1 is 1.19 bits per heavy atom. The zero-order valence-corrected chi connectivity index (χ0v) is 14.4. The van der Waals surface area contributed by atoms with Crippen LogP contribution in [-0.2, 0) is 6.18 Å². The number of fused-ring (bicyclic) bond motifs is 1. The molecule has 1 aromatic carbocycles. The third-order valence-electron chi connectivity index (χ3n) is 3.86. The van der Waals surface area contributed by atoms with Gasteiger partial charge in [-0.15, -0.1) is 0 Å². The Kier molecular flexibility index (Phi) is 5.24. The lowest BCUT2D eigenvalue weighted by Crippen LogP contribution is -2.24. The molecule has 1 unspecified atom stereocenters. The number of alkyl halides is 3. The number of likely N-dealkylation sites (N-methyl/N-ethyl adjacent to an activating group) is 1. The SMILES string of the molecule is CNCC(Nc1ncnc2cnccc12)c1ccc(Cl)c(C(F)(F)F)c1. The predicted octanol–water partition coefficient (Wildman–Crippen LogP) is 4.07. The second-order valence-electron chi connectivity index (χ2n) is 5.61. The highest BCUT2D eigenvalue weighted by molar-refractivity contribution is 6.31. The Labute approximate surface area is 152 Å². The van der Waals surface area contributed by atoms with Gasteiger partial charge in [0.25, 0.3) is 0 Å². The predicted molar refractivity (Wildman–Crippen MR) is 94.1 cm³/mol. The summed E-state index contributed by atoms with van der Waals surface area (Å²) in [7, 11) is 1.72. The number of hydrogen-bond acceptors (Lipinski definition) is 5. The van der Waals surface area contributed by atoms with Gasteiger partial charge in [0.15, 0.2) is 0 Å². The van der Waals surface area contributed by atoms with Gasteiger partial charge in [-0.1, -0.05) is 17.7 Å². The molecule has 2 heterocycles. The minimum absolute atomic E-state index is 0.331. The molecule has 2 N–H and O–H groups in total. The number of anilines is 1. The molecule has 26 heavy (non-hydrogen) atoms. The third-order valence-corrected chi connectivity index (χ3v) is 4.19. The maximum absolute atomic E-state index is 13.2. The molecule has 0 aliphatic heterocycles. The van der Waals surface area contributed by atoms with Crippen LogP contribution in [0, 0.1) is 0 Å². The van der Waals surface area contributed by atoms with Gasteiger partial charge in [0.1, 0.15) is 12.1 Å². The van der Waals surface area contributed by atoms with Crippen LogP contribution in [0.2, 0.25) is 5.02 Å². The van der Waals surface area contributed by atoms with E-state index >= 15 is 0 Å². The zero-order valence-electron chi connectivity index (χ0n) is 13.7. The standard InChI is InChI=1S/C17H15ClF3N5/c1-22-7-14(10-2-3-13(18)12(6-10)17(19,20)21)26-16-11-4-5-23-8-15(11)24-9-25-16/h2-6,8-9,14,22H,7H2,1H3,(H,24,25,26). The molecule has 0 spiro atoms. The van der Waals surface area contributed by atoms with Gasteiger partial charge in [0.2, 0.25) is 0 Å². The molecule has 0 amide bonds. The van der Waals surface area contributed by atoms with Crippen LogP contribution < -0.4 is 10.6 Å². The van der Waals surface area contributed by atoms with Crippen LogP contribution in [0.5, 0.6) is 0 Å². The van der Waals surface area contributed by atoms with Gasteiger partial charge >= 0.3 is 6.18 Å². The first kappa shape index (κ1) is 18.3. The Morgan fingerprint density at radius 2 is 2.00 bits per heavy atom. The van der Waals surface area contributed by atoms with Crippen molar-refractivity contribution in [1.82, 2.24) is 20.3 Å². The second kappa shape index (κ2) is 7.43. The number of nitrogens with zero attached hydrogens (tertiary/aromatic N) is 3. The Balaban J connectivity index is 2.00. The van der Waals surface area contributed by atoms with Gasteiger partial charge in [-0.25, -0.2) is 9.97 Å². The van der Waals surface area contributed by atoms with Crippen LogP contribution in [0.4, 0.5) is 19.0 Å². The van der Waals surface area contributed by atoms with E-state index in [0.29, 0.717) is 23.4 Å². The Hall–Kier alpha value is -2.45. The lowest BCUT2D eigenvalue weighted by atomic mass is 10.0. The van der Waals surface area contributed by atoms with Crippen LogP contribution in [0.25, 0.3) is 10.9 Å². The highest BCUT2D eigenvalue weighted by Gasteiger charge is 2.34. The maximum Gasteiger partial charge on any atom is 0.417 e. The van der Waals surface area contributed by atoms with Gasteiger partial charge < -0.3 is 10.6 Å². The van der Waals surface area contributed by atoms with Crippen molar-refractivity contribution in [3.05, 3.63) is 59.1 Å². The number of aromatic nitrogens is 3. The smallest absolute Gasteiger partial charge is 0.361 e. The molecule has 3 aromatic rings. The molecule has 0 radical (unpaired) electrons. The van der Waals surface area contributed by atoms with Crippen molar-refractivity contribution in [2.24, 2.45) is 0 Å². The van der Waals surface area contributed by atoms with E-state index in [1.54, 1.807) is 31.6 Å². The molecule has 5 nitrogen and oxygen atoms in total. The van der Waals surface area contributed by atoms with E-state index in [4.69, 9.17) is 11.6 Å². The molecule has 0 fully saturated rings. The van der Waals surface area contributed by atoms with Crippen LogP contribution in [-0.4, -0.2) is 28.5 Å². The molecule has 0 saturated carbocycles. The third kappa shape index (κ3) is 3.86. The molecule has 0 bridgehead atoms. The van der Waals surface area contributed by atoms with Crippen molar-refractivity contribution in [3.63, 3.8) is 0 Å². The normalized spacial score (nSPS) is 13.0. The summed E-state index contributed by atoms with van der Waals surface area (Å²) in [5.74, 6) is 0.515. The van der Waals surface area contributed by atoms with Crippen LogP contribution in [0.15, 0.2) is 43.0 Å². The Bertz CT molecular complexity index is 911. The average molecular weight is 382 g/mol. The lowest BCUT2D eigenvalue weighted by Gasteiger charge is -2.21. The molecule has 0 aliphatic rings. The van der Waals surface area contributed by atoms with Crippen molar-refractivity contribution in [2.45, 2.75) is 12.2 Å². The van der Waals surface area contributed by atoms with E-state index in [2.05, 4.69) is 25.6 Å². The summed E-state index contributed by atoms with van der Waals surface area (Å²) in [5, 5.41) is 6.56. The second-order valence-corrected chi connectivity index (χ2v) is 6.01. The van der Waals surface area contributed by atoms with E-state index in [1.165, 1.54) is 12.4 Å². The van der Waals surface area contributed by atoms with Crippen LogP contribution in [0.1, 0.15) is 17.2 Å². The average Bonchev–Trinajstić information content (AvgIpc) is 2.61. The molecular weight excluding hydrogens is 367 g/mol. The van der Waals surface area contributed by atoms with E-state index in [0.717, 1.165) is 11.5 Å². The summed E-state index contributed by atoms with van der Waals surface area (Å²) >= 11 is 5.72. The van der Waals surface area contributed by atoms with Gasteiger partial charge in [-0.2, -0.15) is 13.2 Å². The molecule has 2 aromatic heterocycles. The number of hydrogen-bond donors (Lipinski definition) is 2. The highest BCUT2D eigenvalue weighted by Crippen LogP contribution is 2.36. The van der Waals surface area contributed by atoms with Crippen molar-refractivity contribution < 1.29 is 13.2 Å². The van der Waals surface area contributed by atoms with E-state index < -0.39 is 17.8 Å². The van der Waals surface area contributed by atoms with Crippen LogP contribution >= 0.6 is 11.6 Å². The fourth-order valence-corrected chi connectivity index (χ4v) is 2.85. The summed E-state index contributed by atoms with van der Waals surface area (Å²) < 4.78 is 39.5. The first-order valence-electron chi connectivity index (χ1n) is 7.72. The van der Waals surface area contributed by atoms with Gasteiger partial charge in [0.05, 0.1) is 28.3 Å². The molecule has 0 saturated heterocycles. The Morgan fingerprint density at radius 3 is 2.73 bits per heavy atom. The first-order chi connectivity index (χ1) is 12.4. The molecule has 3 rings (SSSR count). The number of pyridine rings is 1. The number of nitrogens with one attached hydrogen (secondary N) is 2. The fourth-order valence-electron chi connectivity index (χ4n) is 2.62. The number of benzene rings is 1. The van der Waals surface area contributed by atoms with Gasteiger partial charge in [-0.3, -0.25) is 4.98 Å². The molecular formula is C17H15ClF3N5. The maximum atomic E-state index is 13.2. The summed E-state index contributed by atoms with van der Waals surface area (Å²) in [6.07, 6.45) is 0.0592. The van der Waals surface area contributed by atoms with Crippen LogP contribution in [0.3, 0.4) is 0 Å². The van der Waals surface area contributed by atoms with Gasteiger partial charge in [0, 0.05) is 18.1 Å². The lowest BCUT2D eigenvalue weighted by molar-refractivity contribution is -0.137. The van der Waals surface area contributed by atoms with E-state index in [9.17, 15) is 13.2 Å². The minimum atomic E-state index is -4.52. The molecule has 136 valence electrons. The summed E-state index contributed by atoms with van der Waals surface area (Å²) in [5.41, 5.74) is 0.216. The quantitative estimate of drug-likeness (QED) is 0.697. The summed E-state index contributed by atoms with van der Waals surface area (Å²) in [4.78, 5) is 12.4. The summed E-state index contributed by atoms with van der Waals surface area (Å²) in [6.45, 7) is 0.384. The van der Waals surface area contributed by atoms with Gasteiger partial charge in [-0.05, 0) is 30.8 Å². The van der Waals surface area contributed by atoms with Crippen molar-refractivity contribution in [3.8, 4) is 0 Å². The molecule has 0 aliphatic carbocycles. The van der Waals surface area contributed by atoms with E-state index in [1.807, 2.05) is 0 Å². The number of rotatable bonds is 5. The monoisotopic (exact) mass is 381 g/mol. The highest BCUT2D eigenvalue weighted by atomic mass is 35.5. The topological polar surface area (TPSA) is 62.7 Å². The van der Waals surface area contributed by atoms with E-state index in [-0.39, 0.29) is 5.02 Å². The van der Waals surface area contributed by atoms with Crippen molar-refractivity contribution in [1.29, 1.82) is 0 Å². The fraction of sp³-hybridized carbons (Fsp3) is 0.235. The minimum Gasteiger partial charge on any atom is -0.361 e. The summed E-state index contributed by atoms with van der Waals surface area (Å²) in [6, 6.07) is 5.17. The zero-order chi connectivity index (χ0) is 18.7. The largest absolute Gasteiger partial charge is 0.417 e. The van der Waals surface area contributed by atoms with Crippen molar-refractivity contribution >= 4 is 28.3 Å². The first-order valence-corrected chi connectivity index (χ1v) is 8.10. The number of halogens is 4. The molecule has 9 heteroatoms.